The first-order chi connectivity index (χ1) is 6.60. The van der Waals surface area contributed by atoms with Gasteiger partial charge in [-0.15, -0.1) is 0 Å². The fraction of sp³-hybridized carbons (Fsp3) is 0.429. The van der Waals surface area contributed by atoms with Crippen LogP contribution in [0.3, 0.4) is 0 Å². The van der Waals surface area contributed by atoms with Gasteiger partial charge in [0.15, 0.2) is 0 Å². The lowest BCUT2D eigenvalue weighted by Crippen LogP contribution is -2.18. The molecular formula is C7H9B2N3O2. The Kier molecular flexibility index (Phi) is 3.22. The van der Waals surface area contributed by atoms with Gasteiger partial charge in [-0.1, -0.05) is 0 Å². The summed E-state index contributed by atoms with van der Waals surface area (Å²) in [5.74, 6) is 0.893. The first kappa shape index (κ1) is 10.7. The highest BCUT2D eigenvalue weighted by atomic mass is 16.5. The Labute approximate surface area is 85.3 Å². The van der Waals surface area contributed by atoms with Gasteiger partial charge in [-0.2, -0.15) is 9.97 Å². The number of aromatic nitrogens is 2. The Hall–Kier alpha value is -1.39. The van der Waals surface area contributed by atoms with E-state index >= 15 is 0 Å². The fourth-order valence-corrected chi connectivity index (χ4v) is 0.979. The van der Waals surface area contributed by atoms with Gasteiger partial charge >= 0.3 is 0 Å². The van der Waals surface area contributed by atoms with Crippen molar-refractivity contribution in [2.45, 2.75) is 6.92 Å². The van der Waals surface area contributed by atoms with Crippen molar-refractivity contribution < 1.29 is 9.47 Å². The minimum atomic E-state index is 0.129. The van der Waals surface area contributed by atoms with Crippen molar-refractivity contribution in [3.05, 3.63) is 5.56 Å². The van der Waals surface area contributed by atoms with Crippen LogP contribution in [0.15, 0.2) is 0 Å². The van der Waals surface area contributed by atoms with Crippen molar-refractivity contribution in [2.75, 3.05) is 18.9 Å². The molecule has 0 aliphatic rings. The lowest BCUT2D eigenvalue weighted by Gasteiger charge is -2.15. The summed E-state index contributed by atoms with van der Waals surface area (Å²) in [4.78, 5) is 7.92. The lowest BCUT2D eigenvalue weighted by atomic mass is 10.2. The van der Waals surface area contributed by atoms with Crippen LogP contribution in [0.1, 0.15) is 5.56 Å². The van der Waals surface area contributed by atoms with E-state index in [0.717, 1.165) is 4.72 Å². The van der Waals surface area contributed by atoms with Crippen LogP contribution in [0, 0.1) is 6.92 Å². The first-order valence-electron chi connectivity index (χ1n) is 3.86. The summed E-state index contributed by atoms with van der Waals surface area (Å²) in [5, 5.41) is 0. The van der Waals surface area contributed by atoms with E-state index in [1.54, 1.807) is 6.92 Å². The zero-order chi connectivity index (χ0) is 10.7. The topological polar surface area (TPSA) is 47.5 Å². The summed E-state index contributed by atoms with van der Waals surface area (Å²) >= 11 is 0. The molecule has 1 rings (SSSR count). The number of nitrogens with zero attached hydrogens (tertiary/aromatic N) is 3. The highest BCUT2D eigenvalue weighted by Crippen LogP contribution is 2.25. The van der Waals surface area contributed by atoms with Crippen LogP contribution in [-0.4, -0.2) is 40.1 Å². The molecule has 1 heterocycles. The van der Waals surface area contributed by atoms with E-state index in [1.165, 1.54) is 14.2 Å². The molecule has 0 aliphatic carbocycles. The third-order valence-electron chi connectivity index (χ3n) is 1.66. The maximum Gasteiger partial charge on any atom is 0.224 e. The molecule has 0 spiro atoms. The zero-order valence-electron chi connectivity index (χ0n) is 8.31. The minimum absolute atomic E-state index is 0.129. The highest BCUT2D eigenvalue weighted by molar-refractivity contribution is 6.40. The second-order valence-electron chi connectivity index (χ2n) is 2.57. The molecule has 0 bridgehead atoms. The average Bonchev–Trinajstić information content (AvgIpc) is 2.17. The molecule has 0 atom stereocenters. The molecule has 5 nitrogen and oxygen atoms in total. The average molecular weight is 189 g/mol. The van der Waals surface area contributed by atoms with Crippen LogP contribution >= 0.6 is 0 Å². The molecule has 0 saturated heterocycles. The van der Waals surface area contributed by atoms with Crippen LogP contribution in [0.2, 0.25) is 0 Å². The Bertz CT molecular complexity index is 308. The highest BCUT2D eigenvalue weighted by Gasteiger charge is 2.11. The molecule has 0 fully saturated rings. The van der Waals surface area contributed by atoms with E-state index in [1.807, 2.05) is 0 Å². The third kappa shape index (κ3) is 1.92. The first-order valence-corrected chi connectivity index (χ1v) is 3.86. The Morgan fingerprint density at radius 3 is 1.79 bits per heavy atom. The second kappa shape index (κ2) is 4.21. The summed E-state index contributed by atoms with van der Waals surface area (Å²) in [6.07, 6.45) is 0. The van der Waals surface area contributed by atoms with E-state index < -0.39 is 0 Å². The molecule has 0 unspecified atom stereocenters. The van der Waals surface area contributed by atoms with Crippen LogP contribution < -0.4 is 14.2 Å². The van der Waals surface area contributed by atoms with Gasteiger partial charge in [-0.05, 0) is 6.92 Å². The van der Waals surface area contributed by atoms with Gasteiger partial charge in [0, 0.05) is 0 Å². The van der Waals surface area contributed by atoms with Crippen molar-refractivity contribution in [1.29, 1.82) is 0 Å². The number of hydrogen-bond acceptors (Lipinski definition) is 5. The van der Waals surface area contributed by atoms with E-state index in [9.17, 15) is 0 Å². The number of ether oxygens (including phenoxy) is 2. The Balaban J connectivity index is 3.25. The number of hydrogen-bond donors (Lipinski definition) is 0. The third-order valence-corrected chi connectivity index (χ3v) is 1.66. The number of anilines is 1. The normalized spacial score (nSPS) is 9.64. The van der Waals surface area contributed by atoms with Crippen LogP contribution in [-0.2, 0) is 0 Å². The van der Waals surface area contributed by atoms with Gasteiger partial charge in [-0.3, -0.25) is 0 Å². The molecule has 0 N–H and O–H groups in total. The molecule has 1 aromatic rings. The van der Waals surface area contributed by atoms with E-state index in [-0.39, 0.29) is 5.95 Å². The predicted molar refractivity (Wildman–Crippen MR) is 53.9 cm³/mol. The molecule has 7 heteroatoms. The maximum atomic E-state index is 5.29. The van der Waals surface area contributed by atoms with Crippen molar-refractivity contribution >= 4 is 21.9 Å². The maximum absolute atomic E-state index is 5.29. The van der Waals surface area contributed by atoms with Crippen molar-refractivity contribution in [2.24, 2.45) is 0 Å². The van der Waals surface area contributed by atoms with Crippen molar-refractivity contribution in [3.8, 4) is 11.8 Å². The van der Waals surface area contributed by atoms with E-state index in [4.69, 9.17) is 25.4 Å². The summed E-state index contributed by atoms with van der Waals surface area (Å²) in [5.41, 5.74) is 0.695. The summed E-state index contributed by atoms with van der Waals surface area (Å²) in [6, 6.07) is 0. The molecule has 4 radical (unpaired) electrons. The molecule has 0 saturated carbocycles. The lowest BCUT2D eigenvalue weighted by molar-refractivity contribution is 0.367. The SMILES string of the molecule is [B]N([B])c1nc(OC)c(C)c(OC)n1. The minimum Gasteiger partial charge on any atom is -0.481 e. The molecule has 0 amide bonds. The van der Waals surface area contributed by atoms with Gasteiger partial charge < -0.3 is 14.2 Å². The standard InChI is InChI=1S/C7H9B2N3O2/c1-4-5(13-2)10-7(12(8)9)11-6(4)14-3/h1-3H3. The van der Waals surface area contributed by atoms with Gasteiger partial charge in [0.05, 0.1) is 19.8 Å². The fourth-order valence-electron chi connectivity index (χ4n) is 0.979. The smallest absolute Gasteiger partial charge is 0.224 e. The van der Waals surface area contributed by atoms with E-state index in [0.29, 0.717) is 17.3 Å². The zero-order valence-corrected chi connectivity index (χ0v) is 8.31. The van der Waals surface area contributed by atoms with E-state index in [2.05, 4.69) is 9.97 Å². The molecule has 0 aromatic carbocycles. The molecule has 1 aromatic heterocycles. The van der Waals surface area contributed by atoms with Gasteiger partial charge in [-0.25, -0.2) is 0 Å². The largest absolute Gasteiger partial charge is 0.481 e. The monoisotopic (exact) mass is 189 g/mol. The molecular weight excluding hydrogens is 180 g/mol. The van der Waals surface area contributed by atoms with Gasteiger partial charge in [0.1, 0.15) is 0 Å². The number of methoxy groups -OCH3 is 2. The van der Waals surface area contributed by atoms with Gasteiger partial charge in [0.2, 0.25) is 33.7 Å². The van der Waals surface area contributed by atoms with Crippen molar-refractivity contribution in [3.63, 3.8) is 0 Å². The van der Waals surface area contributed by atoms with Crippen LogP contribution in [0.5, 0.6) is 11.8 Å². The van der Waals surface area contributed by atoms with Gasteiger partial charge in [0.25, 0.3) is 0 Å². The molecule has 0 aliphatic heterocycles. The molecule has 14 heavy (non-hydrogen) atoms. The van der Waals surface area contributed by atoms with Crippen LogP contribution in [0.25, 0.3) is 0 Å². The quantitative estimate of drug-likeness (QED) is 0.614. The predicted octanol–water partition coefficient (Wildman–Crippen LogP) is -0.224. The Morgan fingerprint density at radius 2 is 1.50 bits per heavy atom. The summed E-state index contributed by atoms with van der Waals surface area (Å²) in [7, 11) is 13.6. The second-order valence-corrected chi connectivity index (χ2v) is 2.57. The van der Waals surface area contributed by atoms with Crippen LogP contribution in [0.4, 0.5) is 5.95 Å². The Morgan fingerprint density at radius 1 is 1.07 bits per heavy atom. The van der Waals surface area contributed by atoms with Crippen molar-refractivity contribution in [1.82, 2.24) is 9.97 Å². The molecule has 70 valence electrons. The number of rotatable bonds is 3. The summed E-state index contributed by atoms with van der Waals surface area (Å²) in [6.45, 7) is 1.78. The summed E-state index contributed by atoms with van der Waals surface area (Å²) < 4.78 is 10.8.